The van der Waals surface area contributed by atoms with Gasteiger partial charge >= 0.3 is 0 Å². The van der Waals surface area contributed by atoms with Gasteiger partial charge in [-0.3, -0.25) is 9.59 Å². The lowest BCUT2D eigenvalue weighted by Crippen LogP contribution is -2.50. The predicted molar refractivity (Wildman–Crippen MR) is 274 cm³/mol. The highest BCUT2D eigenvalue weighted by atomic mass is 35.5. The zero-order valence-electron chi connectivity index (χ0n) is 39.8. The fourth-order valence-corrected chi connectivity index (χ4v) is 11.5. The molecule has 0 bridgehead atoms. The van der Waals surface area contributed by atoms with Crippen molar-refractivity contribution in [1.82, 2.24) is 29.9 Å². The Hall–Kier alpha value is -3.52. The molecule has 0 spiro atoms. The molecule has 2 heterocycles. The number of nitrogens with zero attached hydrogens (tertiary/aromatic N) is 2. The van der Waals surface area contributed by atoms with Gasteiger partial charge in [-0.1, -0.05) is 70.7 Å². The smallest absolute Gasteiger partial charge is 0.252 e. The van der Waals surface area contributed by atoms with Crippen LogP contribution in [0.5, 0.6) is 0 Å². The first-order valence-corrected chi connectivity index (χ1v) is 27.6. The lowest BCUT2D eigenvalue weighted by Gasteiger charge is -2.33. The highest BCUT2D eigenvalue weighted by Crippen LogP contribution is 2.40. The van der Waals surface area contributed by atoms with Crippen molar-refractivity contribution in [3.8, 4) is 0 Å². The summed E-state index contributed by atoms with van der Waals surface area (Å²) in [5.74, 6) is -2.03. The number of hydrogen-bond acceptors (Lipinski definition) is 14. The molecule has 0 saturated heterocycles. The van der Waals surface area contributed by atoms with Crippen LogP contribution in [0.4, 0.5) is 0 Å². The summed E-state index contributed by atoms with van der Waals surface area (Å²) in [6, 6.07) is 20.7. The standard InChI is InChI=1S/C48H60Cl4N6O12S2/c1-57-27-39(37-23-33(49)25-43(51)41(37)29-57)31-3-7-35(8-4-31)71(63,64)55-13-17-69-21-19-67-15-11-53-47(61)45(59)46(60)48(62)54-12-16-68-20-22-70-18-14-56-72(65,66)36-9-5-32(6-10-36)40-28-58(2)30-42-38(40)24-34(50)26-44(42)52/h3-10,23-26,39-40,45-46,55-56,59-60H,11-22,27-30H2,1-2H3,(H,53,61)(H,54,62)/t39?,40?,45-,46?/m0/s1. The first-order chi connectivity index (χ1) is 34.3. The number of halogens is 4. The molecule has 6 N–H and O–H groups in total. The van der Waals surface area contributed by atoms with Crippen LogP contribution in [0.2, 0.25) is 20.1 Å². The van der Waals surface area contributed by atoms with Crippen LogP contribution >= 0.6 is 46.4 Å². The molecular weight excluding hydrogens is 1060 g/mol. The number of nitrogens with one attached hydrogen (secondary N) is 4. The van der Waals surface area contributed by atoms with Crippen molar-refractivity contribution in [1.29, 1.82) is 0 Å². The molecular formula is C48H60Cl4N6O12S2. The fraction of sp³-hybridized carbons (Fsp3) is 0.458. The number of carbonyl (C=O) groups is 2. The summed E-state index contributed by atoms with van der Waals surface area (Å²) >= 11 is 25.6. The Morgan fingerprint density at radius 2 is 0.889 bits per heavy atom. The van der Waals surface area contributed by atoms with Gasteiger partial charge in [0.2, 0.25) is 20.0 Å². The van der Waals surface area contributed by atoms with Crippen LogP contribution in [0.15, 0.2) is 82.6 Å². The molecule has 0 aromatic heterocycles. The SMILES string of the molecule is CN1Cc2c(Cl)cc(Cl)cc2C(c2ccc(S(=O)(=O)NCCOCCOCCNC(=O)C(O)[C@H](O)C(=O)NCCOCCOCCNS(=O)(=O)c3ccc(C4CN(C)Cc5c(Cl)cc(Cl)cc54)cc3)cc2)C1. The average molecular weight is 1120 g/mol. The van der Waals surface area contributed by atoms with Gasteiger partial charge in [-0.05, 0) is 96.0 Å². The Kier molecular flexibility index (Phi) is 21.9. The maximum absolute atomic E-state index is 12.9. The number of rotatable bonds is 27. The average Bonchev–Trinajstić information content (AvgIpc) is 3.34. The third-order valence-electron chi connectivity index (χ3n) is 11.9. The molecule has 2 aliphatic heterocycles. The molecule has 2 amide bonds. The van der Waals surface area contributed by atoms with Crippen LogP contribution in [-0.2, 0) is 61.7 Å². The van der Waals surface area contributed by atoms with Crippen molar-refractivity contribution in [2.45, 2.75) is 46.9 Å². The van der Waals surface area contributed by atoms with Crippen LogP contribution in [0, 0.1) is 0 Å². The van der Waals surface area contributed by atoms with Gasteiger partial charge in [0.05, 0.1) is 62.6 Å². The minimum absolute atomic E-state index is 0.0202. The number of amides is 2. The van der Waals surface area contributed by atoms with Gasteiger partial charge < -0.3 is 49.6 Å². The van der Waals surface area contributed by atoms with E-state index in [0.717, 1.165) is 46.5 Å². The van der Waals surface area contributed by atoms with E-state index in [2.05, 4.69) is 29.9 Å². The van der Waals surface area contributed by atoms with Crippen LogP contribution in [0.1, 0.15) is 45.2 Å². The fourth-order valence-electron chi connectivity index (χ4n) is 8.32. The summed E-state index contributed by atoms with van der Waals surface area (Å²) in [5, 5.41) is 27.4. The number of ether oxygens (including phenoxy) is 4. The van der Waals surface area contributed by atoms with Gasteiger partial charge in [-0.2, -0.15) is 0 Å². The van der Waals surface area contributed by atoms with Crippen LogP contribution in [0.3, 0.4) is 0 Å². The van der Waals surface area contributed by atoms with E-state index < -0.39 is 44.1 Å². The molecule has 2 aliphatic rings. The van der Waals surface area contributed by atoms with Gasteiger partial charge in [0, 0.05) is 84.3 Å². The maximum Gasteiger partial charge on any atom is 0.252 e. The molecule has 0 aliphatic carbocycles. The minimum Gasteiger partial charge on any atom is -0.380 e. The predicted octanol–water partition coefficient (Wildman–Crippen LogP) is 3.73. The van der Waals surface area contributed by atoms with E-state index in [4.69, 9.17) is 65.4 Å². The molecule has 4 aromatic carbocycles. The zero-order valence-corrected chi connectivity index (χ0v) is 44.4. The van der Waals surface area contributed by atoms with Crippen LogP contribution in [-0.4, -0.2) is 167 Å². The van der Waals surface area contributed by atoms with Crippen molar-refractivity contribution in [2.75, 3.05) is 106 Å². The quantitative estimate of drug-likeness (QED) is 0.0468. The Labute approximate surface area is 440 Å². The lowest BCUT2D eigenvalue weighted by atomic mass is 9.85. The number of aliphatic hydroxyl groups is 2. The number of hydrogen-bond donors (Lipinski definition) is 6. The van der Waals surface area contributed by atoms with Crippen LogP contribution < -0.4 is 20.1 Å². The molecule has 18 nitrogen and oxygen atoms in total. The molecule has 6 rings (SSSR count). The van der Waals surface area contributed by atoms with E-state index in [0.29, 0.717) is 33.2 Å². The molecule has 394 valence electrons. The van der Waals surface area contributed by atoms with E-state index in [1.54, 1.807) is 60.7 Å². The summed E-state index contributed by atoms with van der Waals surface area (Å²) in [4.78, 5) is 29.1. The largest absolute Gasteiger partial charge is 0.380 e. The second-order valence-corrected chi connectivity index (χ2v) is 22.5. The van der Waals surface area contributed by atoms with Crippen molar-refractivity contribution < 1.29 is 55.6 Å². The first kappa shape index (κ1) is 57.8. The highest BCUT2D eigenvalue weighted by Gasteiger charge is 2.31. The summed E-state index contributed by atoms with van der Waals surface area (Å²) in [5.41, 5.74) is 5.93. The van der Waals surface area contributed by atoms with Gasteiger partial charge in [-0.25, -0.2) is 26.3 Å². The molecule has 4 aromatic rings. The molecule has 4 atom stereocenters. The van der Waals surface area contributed by atoms with E-state index >= 15 is 0 Å². The Morgan fingerprint density at radius 3 is 1.24 bits per heavy atom. The second kappa shape index (κ2) is 27.3. The topological polar surface area (TPSA) is 234 Å². The van der Waals surface area contributed by atoms with Crippen molar-refractivity contribution in [2.24, 2.45) is 0 Å². The zero-order chi connectivity index (χ0) is 52.0. The lowest BCUT2D eigenvalue weighted by molar-refractivity contribution is -0.146. The number of aliphatic hydroxyl groups excluding tert-OH is 2. The number of carbonyl (C=O) groups excluding carboxylic acids is 2. The highest BCUT2D eigenvalue weighted by molar-refractivity contribution is 7.89. The van der Waals surface area contributed by atoms with E-state index in [9.17, 15) is 36.6 Å². The number of sulfonamides is 2. The Bertz CT molecular complexity index is 2510. The van der Waals surface area contributed by atoms with E-state index in [-0.39, 0.29) is 101 Å². The second-order valence-electron chi connectivity index (χ2n) is 17.3. The van der Waals surface area contributed by atoms with Crippen molar-refractivity contribution in [3.05, 3.63) is 126 Å². The third-order valence-corrected chi connectivity index (χ3v) is 16.0. The van der Waals surface area contributed by atoms with Gasteiger partial charge in [0.25, 0.3) is 11.8 Å². The minimum atomic E-state index is -3.80. The molecule has 72 heavy (non-hydrogen) atoms. The maximum atomic E-state index is 12.9. The Balaban J connectivity index is 0.754. The summed E-state index contributed by atoms with van der Waals surface area (Å²) in [6.07, 6.45) is -4.09. The van der Waals surface area contributed by atoms with Gasteiger partial charge in [0.15, 0.2) is 12.2 Å². The van der Waals surface area contributed by atoms with Crippen molar-refractivity contribution in [3.63, 3.8) is 0 Å². The molecule has 0 fully saturated rings. The van der Waals surface area contributed by atoms with Crippen LogP contribution in [0.25, 0.3) is 0 Å². The monoisotopic (exact) mass is 1120 g/mol. The Morgan fingerprint density at radius 1 is 0.556 bits per heavy atom. The molecule has 24 heteroatoms. The first-order valence-electron chi connectivity index (χ1n) is 23.1. The van der Waals surface area contributed by atoms with E-state index in [1.165, 1.54) is 0 Å². The normalized spacial score (nSPS) is 17.2. The number of benzene rings is 4. The number of likely N-dealkylation sites (N-methyl/N-ethyl adjacent to an activating group) is 2. The molecule has 0 radical (unpaired) electrons. The molecule has 3 unspecified atom stereocenters. The summed E-state index contributed by atoms with van der Waals surface area (Å²) in [6.45, 7) is 3.55. The molecule has 0 saturated carbocycles. The number of fused-ring (bicyclic) bond motifs is 2. The third kappa shape index (κ3) is 16.2. The van der Waals surface area contributed by atoms with Gasteiger partial charge in [-0.15, -0.1) is 0 Å². The van der Waals surface area contributed by atoms with Gasteiger partial charge in [0.1, 0.15) is 0 Å². The summed E-state index contributed by atoms with van der Waals surface area (Å²) in [7, 11) is -3.60. The summed E-state index contributed by atoms with van der Waals surface area (Å²) < 4.78 is 78.4. The van der Waals surface area contributed by atoms with Crippen molar-refractivity contribution >= 4 is 78.3 Å². The van der Waals surface area contributed by atoms with E-state index in [1.807, 2.05) is 26.2 Å².